The van der Waals surface area contributed by atoms with Crippen molar-refractivity contribution in [2.75, 3.05) is 27.7 Å². The highest BCUT2D eigenvalue weighted by Gasteiger charge is 2.17. The van der Waals surface area contributed by atoms with Crippen LogP contribution < -0.4 is 24.0 Å². The fourth-order valence-electron chi connectivity index (χ4n) is 1.22. The molecule has 0 aromatic heterocycles. The Morgan fingerprint density at radius 2 is 1.75 bits per heavy atom. The van der Waals surface area contributed by atoms with Crippen LogP contribution in [0.2, 0.25) is 0 Å². The number of ketones is 1. The van der Waals surface area contributed by atoms with Gasteiger partial charge in [-0.2, -0.15) is 0 Å². The van der Waals surface area contributed by atoms with E-state index < -0.39 is 0 Å². The molecule has 1 aromatic rings. The van der Waals surface area contributed by atoms with Gasteiger partial charge >= 0.3 is 0 Å². The van der Waals surface area contributed by atoms with E-state index in [-0.39, 0.29) is 41.3 Å². The smallest absolute Gasteiger partial charge is 0.217 e. The molecule has 4 nitrogen and oxygen atoms in total. The predicted octanol–water partition coefficient (Wildman–Crippen LogP) is -2.01. The number of carbonyl (C=O) groups is 1. The molecule has 1 rings (SSSR count). The summed E-state index contributed by atoms with van der Waals surface area (Å²) < 4.78 is 0.528. The molecule has 0 saturated carbocycles. The van der Waals surface area contributed by atoms with Crippen LogP contribution in [0.1, 0.15) is 10.4 Å². The molecule has 90 valence electrons. The van der Waals surface area contributed by atoms with Crippen molar-refractivity contribution in [3.05, 3.63) is 23.8 Å². The number of phenolic OH excluding ortho intramolecular Hbond substituents is 2. The molecule has 1 aromatic carbocycles. The summed E-state index contributed by atoms with van der Waals surface area (Å²) in [4.78, 5) is 11.7. The molecule has 0 heterocycles. The molecule has 0 atom stereocenters. The number of likely N-dealkylation sites (N-methyl/N-ethyl adjacent to an activating group) is 1. The van der Waals surface area contributed by atoms with Gasteiger partial charge in [-0.1, -0.05) is 0 Å². The van der Waals surface area contributed by atoms with Gasteiger partial charge in [0.15, 0.2) is 11.5 Å². The second-order valence-electron chi connectivity index (χ2n) is 4.58. The Bertz CT molecular complexity index is 385. The number of aromatic hydroxyl groups is 2. The van der Waals surface area contributed by atoms with Gasteiger partial charge in [0, 0.05) is 5.56 Å². The van der Waals surface area contributed by atoms with Crippen molar-refractivity contribution < 1.29 is 43.5 Å². The zero-order chi connectivity index (χ0) is 11.6. The van der Waals surface area contributed by atoms with Crippen LogP contribution in [0, 0.1) is 0 Å². The Hall–Kier alpha value is -0.820. The molecule has 0 bridgehead atoms. The Morgan fingerprint density at radius 3 is 2.19 bits per heavy atom. The summed E-state index contributed by atoms with van der Waals surface area (Å²) in [6, 6.07) is 4.11. The van der Waals surface area contributed by atoms with Crippen LogP contribution in [0.15, 0.2) is 18.2 Å². The van der Waals surface area contributed by atoms with Gasteiger partial charge in [-0.25, -0.2) is 0 Å². The average molecular weight is 337 g/mol. The third-order valence-corrected chi connectivity index (χ3v) is 1.92. The summed E-state index contributed by atoms with van der Waals surface area (Å²) in [5.74, 6) is -0.531. The first kappa shape index (κ1) is 15.2. The molecule has 5 heteroatoms. The SMILES string of the molecule is C[N+](C)(C)CC(=O)c1ccc(O)c(O)c1.[I-]. The monoisotopic (exact) mass is 337 g/mol. The van der Waals surface area contributed by atoms with Gasteiger partial charge in [0.1, 0.15) is 6.54 Å². The predicted molar refractivity (Wildman–Crippen MR) is 57.0 cm³/mol. The zero-order valence-electron chi connectivity index (χ0n) is 9.57. The van der Waals surface area contributed by atoms with Crippen molar-refractivity contribution in [1.29, 1.82) is 0 Å². The van der Waals surface area contributed by atoms with Crippen LogP contribution in [0.3, 0.4) is 0 Å². The Balaban J connectivity index is 0.00000225. The summed E-state index contributed by atoms with van der Waals surface area (Å²) in [6.07, 6.45) is 0. The standard InChI is InChI=1S/C11H15NO3.HI/c1-12(2,3)7-11(15)8-4-5-9(13)10(14)6-8;/h4-6H,7H2,1-3H3,(H-,13,14,15);1H. The van der Waals surface area contributed by atoms with E-state index in [1.54, 1.807) is 0 Å². The maximum absolute atomic E-state index is 11.7. The third-order valence-electron chi connectivity index (χ3n) is 1.92. The highest BCUT2D eigenvalue weighted by molar-refractivity contribution is 5.97. The molecule has 0 unspecified atom stereocenters. The van der Waals surface area contributed by atoms with Crippen LogP contribution in [0.4, 0.5) is 0 Å². The summed E-state index contributed by atoms with van der Waals surface area (Å²) in [5.41, 5.74) is 0.415. The number of phenols is 2. The van der Waals surface area contributed by atoms with Crippen molar-refractivity contribution in [1.82, 2.24) is 0 Å². The van der Waals surface area contributed by atoms with Crippen LogP contribution in [0.25, 0.3) is 0 Å². The summed E-state index contributed by atoms with van der Waals surface area (Å²) in [6.45, 7) is 0.351. The molecule has 0 radical (unpaired) electrons. The Labute approximate surface area is 112 Å². The van der Waals surface area contributed by atoms with Gasteiger partial charge in [0.25, 0.3) is 0 Å². The molecule has 0 aliphatic heterocycles. The average Bonchev–Trinajstić information content (AvgIpc) is 2.06. The van der Waals surface area contributed by atoms with Gasteiger partial charge in [-0.3, -0.25) is 4.79 Å². The first-order chi connectivity index (χ1) is 6.79. The third kappa shape index (κ3) is 4.36. The Kier molecular flexibility index (Phi) is 5.21. The van der Waals surface area contributed by atoms with Crippen molar-refractivity contribution in [3.8, 4) is 11.5 Å². The van der Waals surface area contributed by atoms with E-state index in [1.807, 2.05) is 21.1 Å². The zero-order valence-corrected chi connectivity index (χ0v) is 11.7. The number of hydrogen-bond acceptors (Lipinski definition) is 3. The lowest BCUT2D eigenvalue weighted by Crippen LogP contribution is -3.00. The molecule has 0 spiro atoms. The summed E-state index contributed by atoms with van der Waals surface area (Å²) in [5, 5.41) is 18.3. The highest BCUT2D eigenvalue weighted by atomic mass is 127. The first-order valence-electron chi connectivity index (χ1n) is 4.65. The molecule has 0 fully saturated rings. The Morgan fingerprint density at radius 1 is 1.19 bits per heavy atom. The van der Waals surface area contributed by atoms with Crippen LogP contribution >= 0.6 is 0 Å². The largest absolute Gasteiger partial charge is 1.00 e. The van der Waals surface area contributed by atoms with Crippen molar-refractivity contribution in [3.63, 3.8) is 0 Å². The van der Waals surface area contributed by atoms with Gasteiger partial charge in [0.2, 0.25) is 5.78 Å². The first-order valence-corrected chi connectivity index (χ1v) is 4.65. The normalized spacial score (nSPS) is 10.7. The fourth-order valence-corrected chi connectivity index (χ4v) is 1.22. The quantitative estimate of drug-likeness (QED) is 0.290. The van der Waals surface area contributed by atoms with Crippen molar-refractivity contribution in [2.45, 2.75) is 0 Å². The second kappa shape index (κ2) is 5.49. The lowest BCUT2D eigenvalue weighted by atomic mass is 10.1. The van der Waals surface area contributed by atoms with E-state index in [4.69, 9.17) is 5.11 Å². The summed E-state index contributed by atoms with van der Waals surface area (Å²) in [7, 11) is 5.74. The van der Waals surface area contributed by atoms with E-state index in [2.05, 4.69) is 0 Å². The van der Waals surface area contributed by atoms with E-state index in [0.717, 1.165) is 0 Å². The maximum atomic E-state index is 11.7. The minimum absolute atomic E-state index is 0. The van der Waals surface area contributed by atoms with E-state index in [9.17, 15) is 9.90 Å². The molecule has 0 aliphatic rings. The fraction of sp³-hybridized carbons (Fsp3) is 0.364. The molecular formula is C11H16INO3. The molecular weight excluding hydrogens is 321 g/mol. The number of carbonyl (C=O) groups excluding carboxylic acids is 1. The van der Waals surface area contributed by atoms with Gasteiger partial charge in [0.05, 0.1) is 21.1 Å². The number of rotatable bonds is 3. The van der Waals surface area contributed by atoms with Crippen LogP contribution in [-0.4, -0.2) is 48.2 Å². The number of nitrogens with zero attached hydrogens (tertiary/aromatic N) is 1. The van der Waals surface area contributed by atoms with Crippen molar-refractivity contribution in [2.24, 2.45) is 0 Å². The lowest BCUT2D eigenvalue weighted by Gasteiger charge is -2.22. The number of halogens is 1. The number of benzene rings is 1. The van der Waals surface area contributed by atoms with Gasteiger partial charge in [-0.05, 0) is 18.2 Å². The lowest BCUT2D eigenvalue weighted by molar-refractivity contribution is -0.861. The van der Waals surface area contributed by atoms with Crippen LogP contribution in [-0.2, 0) is 0 Å². The molecule has 2 N–H and O–H groups in total. The van der Waals surface area contributed by atoms with E-state index >= 15 is 0 Å². The minimum Gasteiger partial charge on any atom is -1.00 e. The van der Waals surface area contributed by atoms with Gasteiger partial charge in [-0.15, -0.1) is 0 Å². The molecule has 16 heavy (non-hydrogen) atoms. The van der Waals surface area contributed by atoms with Crippen LogP contribution in [0.5, 0.6) is 11.5 Å². The number of quaternary nitrogens is 1. The maximum Gasteiger partial charge on any atom is 0.217 e. The van der Waals surface area contributed by atoms with Gasteiger partial charge < -0.3 is 38.7 Å². The number of Topliss-reactive ketones (excluding diaryl/α,β-unsaturated/α-hetero) is 1. The molecule has 0 saturated heterocycles. The second-order valence-corrected chi connectivity index (χ2v) is 4.58. The highest BCUT2D eigenvalue weighted by Crippen LogP contribution is 2.25. The topological polar surface area (TPSA) is 57.5 Å². The van der Waals surface area contributed by atoms with Crippen molar-refractivity contribution >= 4 is 5.78 Å². The number of hydrogen-bond donors (Lipinski definition) is 2. The molecule has 0 aliphatic carbocycles. The summed E-state index contributed by atoms with van der Waals surface area (Å²) >= 11 is 0. The molecule has 0 amide bonds. The van der Waals surface area contributed by atoms with E-state index in [0.29, 0.717) is 16.6 Å². The van der Waals surface area contributed by atoms with E-state index in [1.165, 1.54) is 18.2 Å². The minimum atomic E-state index is -0.262.